The summed E-state index contributed by atoms with van der Waals surface area (Å²) in [4.78, 5) is 17.9. The molecule has 0 aliphatic carbocycles. The zero-order valence-electron chi connectivity index (χ0n) is 23.0. The van der Waals surface area contributed by atoms with Crippen LogP contribution in [0.25, 0.3) is 11.1 Å². The predicted molar refractivity (Wildman–Crippen MR) is 141 cm³/mol. The van der Waals surface area contributed by atoms with E-state index in [1.54, 1.807) is 57.0 Å². The summed E-state index contributed by atoms with van der Waals surface area (Å²) in [6, 6.07) is 4.00. The smallest absolute Gasteiger partial charge is 0.410 e. The fourth-order valence-electron chi connectivity index (χ4n) is 3.93. The van der Waals surface area contributed by atoms with Crippen molar-refractivity contribution in [2.45, 2.75) is 58.3 Å². The highest BCUT2D eigenvalue weighted by Crippen LogP contribution is 2.37. The largest absolute Gasteiger partial charge is 0.482 e. The molecular weight excluding hydrogens is 520 g/mol. The van der Waals surface area contributed by atoms with Gasteiger partial charge in [0.05, 0.1) is 17.3 Å². The van der Waals surface area contributed by atoms with Gasteiger partial charge in [-0.15, -0.1) is 0 Å². The number of rotatable bonds is 5. The van der Waals surface area contributed by atoms with Crippen LogP contribution in [-0.2, 0) is 4.74 Å². The number of pyridine rings is 1. The number of nitrogens with zero attached hydrogens (tertiary/aromatic N) is 4. The summed E-state index contributed by atoms with van der Waals surface area (Å²) in [5.41, 5.74) is 6.98. The highest BCUT2D eigenvalue weighted by atomic mass is 35.5. The number of halogens is 3. The molecule has 1 aliphatic heterocycles. The average Bonchev–Trinajstić information content (AvgIpc) is 3.31. The Bertz CT molecular complexity index is 1380. The zero-order valence-corrected chi connectivity index (χ0v) is 22.5. The Kier molecular flexibility index (Phi) is 7.06. The number of hydrogen-bond donors (Lipinski definition) is 1. The van der Waals surface area contributed by atoms with Crippen LogP contribution in [0, 0.1) is 5.82 Å². The summed E-state index contributed by atoms with van der Waals surface area (Å²) in [6.07, 6.45) is 4.14. The number of hydrogen-bond acceptors (Lipinski definition) is 6. The van der Waals surface area contributed by atoms with Crippen molar-refractivity contribution in [1.29, 1.82) is 0 Å². The van der Waals surface area contributed by atoms with Gasteiger partial charge in [-0.05, 0) is 58.7 Å². The molecule has 1 fully saturated rings. The molecular formula is C26H30Cl2FN5O3. The lowest BCUT2D eigenvalue weighted by Crippen LogP contribution is -2.42. The number of nitrogens with two attached hydrogens (primary N) is 1. The number of carbonyl (C=O) groups is 1. The Balaban J connectivity index is 1.51. The third-order valence-corrected chi connectivity index (χ3v) is 6.51. The van der Waals surface area contributed by atoms with Crippen molar-refractivity contribution in [1.82, 2.24) is 19.7 Å². The molecule has 1 amide bonds. The number of anilines is 1. The summed E-state index contributed by atoms with van der Waals surface area (Å²) >= 11 is 12.4. The van der Waals surface area contributed by atoms with E-state index in [0.29, 0.717) is 23.1 Å². The van der Waals surface area contributed by atoms with Crippen LogP contribution in [0.15, 0.2) is 36.8 Å². The topological polar surface area (TPSA) is 95.5 Å². The Morgan fingerprint density at radius 2 is 2.03 bits per heavy atom. The SMILES string of the molecule is [2H]C1([2H])CC(n2cc(-c3cnc(N)c(O[C@H](C)c4c(Cl)ccc(F)c4Cl)c3)cn2)CCN1C(=O)OC(C)(C)C. The molecule has 4 rings (SSSR count). The quantitative estimate of drug-likeness (QED) is 0.355. The maximum atomic E-state index is 14.0. The molecule has 0 spiro atoms. The standard InChI is InChI=1S/C26H30Cl2FN5O3/c1-15(22-19(27)5-6-20(29)23(22)28)36-21-11-16(12-31-24(21)30)17-13-32-34(14-17)18-7-9-33(10-8-18)25(35)37-26(2,3)4/h5-6,11-15,18H,7-10H2,1-4H3,(H2,30,31)/t15-/m1/s1/i9D2/t15-,18?. The highest BCUT2D eigenvalue weighted by Gasteiger charge is 2.28. The van der Waals surface area contributed by atoms with E-state index < -0.39 is 30.1 Å². The maximum absolute atomic E-state index is 14.0. The second kappa shape index (κ2) is 10.8. The number of ether oxygens (including phenoxy) is 2. The van der Waals surface area contributed by atoms with Gasteiger partial charge in [-0.1, -0.05) is 23.2 Å². The monoisotopic (exact) mass is 551 g/mol. The minimum Gasteiger partial charge on any atom is -0.482 e. The molecule has 1 aliphatic rings. The van der Waals surface area contributed by atoms with E-state index in [0.717, 1.165) is 4.90 Å². The molecule has 198 valence electrons. The minimum atomic E-state index is -1.91. The lowest BCUT2D eigenvalue weighted by atomic mass is 10.1. The number of carbonyl (C=O) groups excluding carboxylic acids is 1. The first kappa shape index (κ1) is 24.3. The summed E-state index contributed by atoms with van der Waals surface area (Å²) in [5, 5.41) is 4.57. The van der Waals surface area contributed by atoms with Crippen molar-refractivity contribution >= 4 is 35.1 Å². The van der Waals surface area contributed by atoms with Gasteiger partial charge in [-0.3, -0.25) is 4.68 Å². The lowest BCUT2D eigenvalue weighted by molar-refractivity contribution is 0.0185. The molecule has 8 nitrogen and oxygen atoms in total. The Morgan fingerprint density at radius 3 is 2.73 bits per heavy atom. The Hall–Kier alpha value is -3.04. The summed E-state index contributed by atoms with van der Waals surface area (Å²) in [7, 11) is 0. The van der Waals surface area contributed by atoms with Gasteiger partial charge >= 0.3 is 6.09 Å². The van der Waals surface area contributed by atoms with Crippen molar-refractivity contribution in [3.8, 4) is 16.9 Å². The lowest BCUT2D eigenvalue weighted by Gasteiger charge is -2.33. The van der Waals surface area contributed by atoms with E-state index in [4.69, 9.17) is 41.2 Å². The second-order valence-electron chi connectivity index (χ2n) is 9.77. The number of benzene rings is 1. The summed E-state index contributed by atoms with van der Waals surface area (Å²) in [6.45, 7) is 5.19. The molecule has 0 bridgehead atoms. The van der Waals surface area contributed by atoms with Crippen molar-refractivity contribution in [3.63, 3.8) is 0 Å². The molecule has 1 aromatic carbocycles. The fraction of sp³-hybridized carbons (Fsp3) is 0.423. The summed E-state index contributed by atoms with van der Waals surface area (Å²) in [5.74, 6) is -0.226. The first-order valence-electron chi connectivity index (χ1n) is 12.8. The Morgan fingerprint density at radius 1 is 1.27 bits per heavy atom. The molecule has 0 saturated carbocycles. The molecule has 0 radical (unpaired) electrons. The van der Waals surface area contributed by atoms with E-state index >= 15 is 0 Å². The van der Waals surface area contributed by atoms with Gasteiger partial charge < -0.3 is 20.1 Å². The second-order valence-corrected chi connectivity index (χ2v) is 10.6. The number of nitrogen functional groups attached to an aromatic ring is 1. The first-order chi connectivity index (χ1) is 18.2. The van der Waals surface area contributed by atoms with E-state index in [9.17, 15) is 9.18 Å². The number of likely N-dealkylation sites (tertiary alicyclic amines) is 1. The molecule has 11 heteroatoms. The molecule has 1 unspecified atom stereocenters. The molecule has 1 saturated heterocycles. The van der Waals surface area contributed by atoms with Crippen molar-refractivity contribution in [2.24, 2.45) is 0 Å². The van der Waals surface area contributed by atoms with Crippen LogP contribution < -0.4 is 10.5 Å². The van der Waals surface area contributed by atoms with Crippen LogP contribution in [0.4, 0.5) is 15.0 Å². The summed E-state index contributed by atoms with van der Waals surface area (Å²) < 4.78 is 44.0. The Labute approximate surface area is 228 Å². The minimum absolute atomic E-state index is 0.0500. The first-order valence-corrected chi connectivity index (χ1v) is 12.5. The van der Waals surface area contributed by atoms with Crippen LogP contribution in [0.5, 0.6) is 5.75 Å². The van der Waals surface area contributed by atoms with Gasteiger partial charge in [-0.2, -0.15) is 5.10 Å². The van der Waals surface area contributed by atoms with Gasteiger partial charge in [0, 0.05) is 49.9 Å². The van der Waals surface area contributed by atoms with Gasteiger partial charge in [0.15, 0.2) is 11.6 Å². The molecule has 2 aromatic heterocycles. The van der Waals surface area contributed by atoms with E-state index in [1.807, 2.05) is 0 Å². The molecule has 37 heavy (non-hydrogen) atoms. The van der Waals surface area contributed by atoms with E-state index in [1.165, 1.54) is 12.1 Å². The van der Waals surface area contributed by atoms with Crippen LogP contribution in [0.2, 0.25) is 10.0 Å². The van der Waals surface area contributed by atoms with Crippen LogP contribution in [0.3, 0.4) is 0 Å². The third kappa shape index (κ3) is 6.27. The predicted octanol–water partition coefficient (Wildman–Crippen LogP) is 6.69. The van der Waals surface area contributed by atoms with Crippen molar-refractivity contribution in [2.75, 3.05) is 18.8 Å². The molecule has 3 aromatic rings. The van der Waals surface area contributed by atoms with Gasteiger partial charge in [0.2, 0.25) is 0 Å². The van der Waals surface area contributed by atoms with Crippen LogP contribution >= 0.6 is 23.2 Å². The normalized spacial score (nSPS) is 19.1. The van der Waals surface area contributed by atoms with Crippen LogP contribution in [-0.4, -0.2) is 44.4 Å². The number of amides is 1. The van der Waals surface area contributed by atoms with Gasteiger partial charge in [0.25, 0.3) is 0 Å². The zero-order chi connectivity index (χ0) is 28.7. The van der Waals surface area contributed by atoms with Crippen molar-refractivity contribution in [3.05, 3.63) is 58.2 Å². The molecule has 2 atom stereocenters. The molecule has 3 heterocycles. The van der Waals surface area contributed by atoms with E-state index in [-0.39, 0.29) is 40.6 Å². The van der Waals surface area contributed by atoms with Crippen molar-refractivity contribution < 1.29 is 21.4 Å². The fourth-order valence-corrected chi connectivity index (χ4v) is 4.61. The third-order valence-electron chi connectivity index (χ3n) is 5.80. The van der Waals surface area contributed by atoms with Crippen LogP contribution in [0.1, 0.15) is 61.0 Å². The average molecular weight is 552 g/mol. The maximum Gasteiger partial charge on any atom is 0.410 e. The van der Waals surface area contributed by atoms with Gasteiger partial charge in [0.1, 0.15) is 17.5 Å². The molecule has 2 N–H and O–H groups in total. The van der Waals surface area contributed by atoms with E-state index in [2.05, 4.69) is 10.1 Å². The highest BCUT2D eigenvalue weighted by molar-refractivity contribution is 6.36. The number of piperidine rings is 1. The van der Waals surface area contributed by atoms with Gasteiger partial charge in [-0.25, -0.2) is 14.2 Å². The number of aromatic nitrogens is 3.